The van der Waals surface area contributed by atoms with Crippen molar-refractivity contribution < 1.29 is 4.74 Å². The third-order valence-electron chi connectivity index (χ3n) is 4.85. The zero-order valence-electron chi connectivity index (χ0n) is 11.3. The van der Waals surface area contributed by atoms with E-state index in [-0.39, 0.29) is 5.54 Å². The van der Waals surface area contributed by atoms with Gasteiger partial charge in [-0.15, -0.1) is 0 Å². The van der Waals surface area contributed by atoms with Gasteiger partial charge in [0, 0.05) is 38.9 Å². The Kier molecular flexibility index (Phi) is 4.42. The normalized spacial score (nSPS) is 36.7. The number of rotatable bonds is 6. The van der Waals surface area contributed by atoms with E-state index in [9.17, 15) is 0 Å². The Bertz CT molecular complexity index is 249. The van der Waals surface area contributed by atoms with E-state index >= 15 is 0 Å². The lowest BCUT2D eigenvalue weighted by molar-refractivity contribution is 0.0217. The van der Waals surface area contributed by atoms with E-state index in [4.69, 9.17) is 10.5 Å². The molecule has 17 heavy (non-hydrogen) atoms. The van der Waals surface area contributed by atoms with E-state index in [0.29, 0.717) is 0 Å². The van der Waals surface area contributed by atoms with Crippen LogP contribution in [0.4, 0.5) is 0 Å². The van der Waals surface area contributed by atoms with Crippen LogP contribution in [0.1, 0.15) is 19.3 Å². The Morgan fingerprint density at radius 1 is 1.47 bits per heavy atom. The zero-order chi connectivity index (χ0) is 12.3. The molecule has 2 saturated heterocycles. The number of nitrogens with zero attached hydrogens (tertiary/aromatic N) is 2. The van der Waals surface area contributed by atoms with Gasteiger partial charge in [0.05, 0.1) is 0 Å². The van der Waals surface area contributed by atoms with Crippen molar-refractivity contribution in [1.29, 1.82) is 0 Å². The number of likely N-dealkylation sites (N-methyl/N-ethyl adjacent to an activating group) is 1. The Morgan fingerprint density at radius 2 is 2.29 bits per heavy atom. The summed E-state index contributed by atoms with van der Waals surface area (Å²) in [5, 5.41) is 0. The number of methoxy groups -OCH3 is 1. The maximum atomic E-state index is 6.14. The van der Waals surface area contributed by atoms with Crippen molar-refractivity contribution in [1.82, 2.24) is 9.80 Å². The molecule has 4 nitrogen and oxygen atoms in total. The molecule has 2 heterocycles. The molecule has 0 aromatic carbocycles. The first-order valence-electron chi connectivity index (χ1n) is 6.85. The Balaban J connectivity index is 1.97. The molecule has 2 rings (SSSR count). The highest BCUT2D eigenvalue weighted by Gasteiger charge is 2.47. The molecular formula is C13H27N3O. The standard InChI is InChI=1S/C13H27N3O/c1-15(6-3-9-17-2)13(11-14)5-8-16-7-4-12(13)10-16/h12H,3-11,14H2,1-2H3. The Labute approximate surface area is 105 Å². The Morgan fingerprint density at radius 3 is 3.00 bits per heavy atom. The molecule has 0 aromatic rings. The Hall–Kier alpha value is -0.160. The first-order chi connectivity index (χ1) is 8.23. The van der Waals surface area contributed by atoms with Gasteiger partial charge in [0.25, 0.3) is 0 Å². The van der Waals surface area contributed by atoms with Crippen LogP contribution in [-0.4, -0.2) is 68.8 Å². The maximum absolute atomic E-state index is 6.14. The summed E-state index contributed by atoms with van der Waals surface area (Å²) < 4.78 is 5.14. The summed E-state index contributed by atoms with van der Waals surface area (Å²) in [6.45, 7) is 6.50. The van der Waals surface area contributed by atoms with Crippen LogP contribution in [-0.2, 0) is 4.74 Å². The fourth-order valence-corrected chi connectivity index (χ4v) is 3.63. The molecule has 2 aliphatic heterocycles. The quantitative estimate of drug-likeness (QED) is 0.683. The average Bonchev–Trinajstić information content (AvgIpc) is 2.74. The second-order valence-electron chi connectivity index (χ2n) is 5.61. The third kappa shape index (κ3) is 2.50. The van der Waals surface area contributed by atoms with Crippen molar-refractivity contribution >= 4 is 0 Å². The molecule has 2 bridgehead atoms. The van der Waals surface area contributed by atoms with Crippen LogP contribution in [0.25, 0.3) is 0 Å². The van der Waals surface area contributed by atoms with Gasteiger partial charge >= 0.3 is 0 Å². The summed E-state index contributed by atoms with van der Waals surface area (Å²) in [4.78, 5) is 5.10. The second kappa shape index (κ2) is 5.65. The van der Waals surface area contributed by atoms with Crippen LogP contribution >= 0.6 is 0 Å². The lowest BCUT2D eigenvalue weighted by atomic mass is 9.77. The molecule has 0 aromatic heterocycles. The van der Waals surface area contributed by atoms with E-state index in [1.54, 1.807) is 7.11 Å². The van der Waals surface area contributed by atoms with Crippen LogP contribution in [0.2, 0.25) is 0 Å². The number of ether oxygens (including phenoxy) is 1. The minimum atomic E-state index is 0.251. The van der Waals surface area contributed by atoms with Crippen molar-refractivity contribution in [2.24, 2.45) is 11.7 Å². The highest BCUT2D eigenvalue weighted by Crippen LogP contribution is 2.38. The van der Waals surface area contributed by atoms with Crippen molar-refractivity contribution in [3.63, 3.8) is 0 Å². The smallest absolute Gasteiger partial charge is 0.0474 e. The summed E-state index contributed by atoms with van der Waals surface area (Å²) >= 11 is 0. The molecule has 0 saturated carbocycles. The summed E-state index contributed by atoms with van der Waals surface area (Å²) in [5.74, 6) is 0.772. The van der Waals surface area contributed by atoms with Gasteiger partial charge in [-0.05, 0) is 45.3 Å². The second-order valence-corrected chi connectivity index (χ2v) is 5.61. The van der Waals surface area contributed by atoms with Crippen molar-refractivity contribution in [2.75, 3.05) is 53.5 Å². The maximum Gasteiger partial charge on any atom is 0.0474 e. The van der Waals surface area contributed by atoms with Crippen LogP contribution in [0.15, 0.2) is 0 Å². The fourth-order valence-electron chi connectivity index (χ4n) is 3.63. The first kappa shape index (κ1) is 13.3. The largest absolute Gasteiger partial charge is 0.385 e. The highest BCUT2D eigenvalue weighted by atomic mass is 16.5. The van der Waals surface area contributed by atoms with Gasteiger partial charge in [0.2, 0.25) is 0 Å². The minimum absolute atomic E-state index is 0.251. The van der Waals surface area contributed by atoms with E-state index in [0.717, 1.165) is 32.0 Å². The zero-order valence-corrected chi connectivity index (χ0v) is 11.3. The van der Waals surface area contributed by atoms with Gasteiger partial charge in [0.15, 0.2) is 0 Å². The van der Waals surface area contributed by atoms with Gasteiger partial charge in [0.1, 0.15) is 0 Å². The van der Waals surface area contributed by atoms with Gasteiger partial charge in [-0.3, -0.25) is 4.90 Å². The summed E-state index contributed by atoms with van der Waals surface area (Å²) in [6.07, 6.45) is 3.66. The van der Waals surface area contributed by atoms with Crippen molar-refractivity contribution in [3.8, 4) is 0 Å². The summed E-state index contributed by atoms with van der Waals surface area (Å²) in [7, 11) is 4.02. The van der Waals surface area contributed by atoms with Gasteiger partial charge < -0.3 is 15.4 Å². The van der Waals surface area contributed by atoms with Gasteiger partial charge in [-0.1, -0.05) is 0 Å². The first-order valence-corrected chi connectivity index (χ1v) is 6.85. The average molecular weight is 241 g/mol. The molecule has 0 radical (unpaired) electrons. The number of fused-ring (bicyclic) bond motifs is 2. The summed E-state index contributed by atoms with van der Waals surface area (Å²) in [6, 6.07) is 0. The molecular weight excluding hydrogens is 214 g/mol. The van der Waals surface area contributed by atoms with E-state index in [1.807, 2.05) is 0 Å². The topological polar surface area (TPSA) is 41.7 Å². The predicted molar refractivity (Wildman–Crippen MR) is 70.1 cm³/mol. The van der Waals surface area contributed by atoms with E-state index in [1.165, 1.54) is 32.5 Å². The molecule has 4 heteroatoms. The molecule has 3 unspecified atom stereocenters. The van der Waals surface area contributed by atoms with Crippen LogP contribution in [0.5, 0.6) is 0 Å². The van der Waals surface area contributed by atoms with E-state index in [2.05, 4.69) is 16.8 Å². The lowest BCUT2D eigenvalue weighted by Gasteiger charge is -2.48. The number of piperidine rings is 1. The molecule has 0 aliphatic carbocycles. The highest BCUT2D eigenvalue weighted by molar-refractivity contribution is 5.04. The van der Waals surface area contributed by atoms with Gasteiger partial charge in [-0.25, -0.2) is 0 Å². The molecule has 0 amide bonds. The molecule has 100 valence electrons. The van der Waals surface area contributed by atoms with Gasteiger partial charge in [-0.2, -0.15) is 0 Å². The van der Waals surface area contributed by atoms with Crippen molar-refractivity contribution in [3.05, 3.63) is 0 Å². The van der Waals surface area contributed by atoms with Crippen LogP contribution < -0.4 is 5.73 Å². The lowest BCUT2D eigenvalue weighted by Crippen LogP contribution is -2.61. The molecule has 0 spiro atoms. The van der Waals surface area contributed by atoms with Crippen LogP contribution in [0.3, 0.4) is 0 Å². The monoisotopic (exact) mass is 241 g/mol. The number of hydrogen-bond acceptors (Lipinski definition) is 4. The SMILES string of the molecule is COCCCN(C)C1(CN)CCN2CCC1C2. The molecule has 2 aliphatic rings. The fraction of sp³-hybridized carbons (Fsp3) is 1.00. The van der Waals surface area contributed by atoms with Crippen molar-refractivity contribution in [2.45, 2.75) is 24.8 Å². The predicted octanol–water partition coefficient (Wildman–Crippen LogP) is 0.378. The number of nitrogens with two attached hydrogens (primary N) is 1. The summed E-state index contributed by atoms with van der Waals surface area (Å²) in [5.41, 5.74) is 6.39. The molecule has 3 atom stereocenters. The molecule has 2 fully saturated rings. The molecule has 2 N–H and O–H groups in total. The number of hydrogen-bond donors (Lipinski definition) is 1. The van der Waals surface area contributed by atoms with E-state index < -0.39 is 0 Å². The minimum Gasteiger partial charge on any atom is -0.385 e. The van der Waals surface area contributed by atoms with Crippen LogP contribution in [0, 0.1) is 5.92 Å². The third-order valence-corrected chi connectivity index (χ3v) is 4.85.